The van der Waals surface area contributed by atoms with Crippen LogP contribution in [-0.2, 0) is 0 Å². The SMILES string of the molecule is C=C(C)N.C=C/C(NC/C(C)=C/C=c1/ccccc1=C)=C(\C)NC(C)CCCCC. The third-order valence-electron chi connectivity index (χ3n) is 4.47. The molecule has 0 bridgehead atoms. The Balaban J connectivity index is 0.00000192. The molecule has 1 aromatic carbocycles. The highest BCUT2D eigenvalue weighted by Gasteiger charge is 2.04. The van der Waals surface area contributed by atoms with Gasteiger partial charge in [-0.2, -0.15) is 0 Å². The van der Waals surface area contributed by atoms with E-state index in [9.17, 15) is 0 Å². The van der Waals surface area contributed by atoms with Crippen molar-refractivity contribution in [1.29, 1.82) is 0 Å². The van der Waals surface area contributed by atoms with Gasteiger partial charge < -0.3 is 16.4 Å². The van der Waals surface area contributed by atoms with Gasteiger partial charge in [-0.3, -0.25) is 0 Å². The first-order chi connectivity index (χ1) is 14.2. The van der Waals surface area contributed by atoms with E-state index < -0.39 is 0 Å². The number of unbranched alkanes of at least 4 members (excludes halogenated alkanes) is 2. The van der Waals surface area contributed by atoms with Crippen LogP contribution in [0.3, 0.4) is 0 Å². The van der Waals surface area contributed by atoms with E-state index in [1.807, 2.05) is 24.3 Å². The first kappa shape index (κ1) is 27.3. The Morgan fingerprint density at radius 1 is 1.17 bits per heavy atom. The van der Waals surface area contributed by atoms with Gasteiger partial charge in [0.05, 0.1) is 5.70 Å². The summed E-state index contributed by atoms with van der Waals surface area (Å²) in [6.45, 7) is 22.6. The smallest absolute Gasteiger partial charge is 0.0526 e. The fourth-order valence-corrected chi connectivity index (χ4v) is 2.80. The Morgan fingerprint density at radius 3 is 2.37 bits per heavy atom. The Morgan fingerprint density at radius 2 is 1.80 bits per heavy atom. The standard InChI is InChI=1S/C24H36N2.C3H7N/c1-7-9-10-14-21(5)26-22(6)24(8-2)25-18-19(3)16-17-23-15-12-11-13-20(23)4;1-3(2)4/h8,11-13,15-17,21,25-26H,2,4,7,9-10,14,18H2,1,3,5-6H3;1,4H2,2H3/b19-16+,23-17-,24-22-;. The number of rotatable bonds is 11. The van der Waals surface area contributed by atoms with Gasteiger partial charge in [0, 0.05) is 18.3 Å². The number of nitrogens with one attached hydrogen (secondary N) is 2. The first-order valence-electron chi connectivity index (χ1n) is 10.9. The van der Waals surface area contributed by atoms with Crippen molar-refractivity contribution < 1.29 is 0 Å². The minimum absolute atomic E-state index is 0.483. The number of nitrogens with two attached hydrogens (primary N) is 1. The summed E-state index contributed by atoms with van der Waals surface area (Å²) in [6.07, 6.45) is 11.2. The van der Waals surface area contributed by atoms with E-state index in [4.69, 9.17) is 5.73 Å². The fourth-order valence-electron chi connectivity index (χ4n) is 2.80. The van der Waals surface area contributed by atoms with Crippen molar-refractivity contribution in [3.8, 4) is 0 Å². The second-order valence-electron chi connectivity index (χ2n) is 7.86. The van der Waals surface area contributed by atoms with Gasteiger partial charge in [0.15, 0.2) is 0 Å². The van der Waals surface area contributed by atoms with Crippen LogP contribution in [0.5, 0.6) is 0 Å². The predicted molar refractivity (Wildman–Crippen MR) is 136 cm³/mol. The van der Waals surface area contributed by atoms with E-state index in [2.05, 4.69) is 76.3 Å². The molecule has 1 atom stereocenters. The summed E-state index contributed by atoms with van der Waals surface area (Å²) in [5.41, 5.74) is 9.07. The molecule has 0 heterocycles. The van der Waals surface area contributed by atoms with Crippen LogP contribution in [0.2, 0.25) is 0 Å². The van der Waals surface area contributed by atoms with Crippen LogP contribution in [0.4, 0.5) is 0 Å². The van der Waals surface area contributed by atoms with Gasteiger partial charge in [0.1, 0.15) is 0 Å². The summed E-state index contributed by atoms with van der Waals surface area (Å²) < 4.78 is 0. The van der Waals surface area contributed by atoms with Gasteiger partial charge >= 0.3 is 0 Å². The summed E-state index contributed by atoms with van der Waals surface area (Å²) in [5, 5.41) is 9.28. The molecule has 0 aromatic heterocycles. The maximum absolute atomic E-state index is 4.92. The van der Waals surface area contributed by atoms with E-state index >= 15 is 0 Å². The second kappa shape index (κ2) is 16.2. The fraction of sp³-hybridized carbons (Fsp3) is 0.407. The molecular formula is C27H43N3. The molecule has 0 fully saturated rings. The zero-order chi connectivity index (χ0) is 22.9. The van der Waals surface area contributed by atoms with Crippen LogP contribution < -0.4 is 26.8 Å². The van der Waals surface area contributed by atoms with E-state index in [0.717, 1.165) is 28.4 Å². The van der Waals surface area contributed by atoms with Crippen LogP contribution in [0.25, 0.3) is 12.7 Å². The summed E-state index contributed by atoms with van der Waals surface area (Å²) >= 11 is 0. The molecule has 3 heteroatoms. The lowest BCUT2D eigenvalue weighted by molar-refractivity contribution is 0.524. The van der Waals surface area contributed by atoms with E-state index in [1.54, 1.807) is 6.92 Å². The van der Waals surface area contributed by atoms with Crippen molar-refractivity contribution in [2.45, 2.75) is 66.3 Å². The lowest BCUT2D eigenvalue weighted by atomic mass is 10.1. The molecule has 3 nitrogen and oxygen atoms in total. The maximum Gasteiger partial charge on any atom is 0.0526 e. The summed E-state index contributed by atoms with van der Waals surface area (Å²) in [7, 11) is 0. The van der Waals surface area contributed by atoms with E-state index in [-0.39, 0.29) is 0 Å². The van der Waals surface area contributed by atoms with Crippen molar-refractivity contribution in [1.82, 2.24) is 10.6 Å². The molecule has 0 saturated carbocycles. The van der Waals surface area contributed by atoms with Gasteiger partial charge in [-0.15, -0.1) is 0 Å². The second-order valence-corrected chi connectivity index (χ2v) is 7.86. The third kappa shape index (κ3) is 13.5. The third-order valence-corrected chi connectivity index (χ3v) is 4.47. The zero-order valence-corrected chi connectivity index (χ0v) is 19.9. The molecule has 1 unspecified atom stereocenters. The van der Waals surface area contributed by atoms with Crippen LogP contribution in [-0.4, -0.2) is 12.6 Å². The minimum Gasteiger partial charge on any atom is -0.403 e. The van der Waals surface area contributed by atoms with Gasteiger partial charge in [0.2, 0.25) is 0 Å². The highest BCUT2D eigenvalue weighted by molar-refractivity contribution is 5.40. The minimum atomic E-state index is 0.483. The first-order valence-corrected chi connectivity index (χ1v) is 10.9. The van der Waals surface area contributed by atoms with Crippen molar-refractivity contribution in [2.24, 2.45) is 5.73 Å². The van der Waals surface area contributed by atoms with Crippen molar-refractivity contribution in [3.63, 3.8) is 0 Å². The monoisotopic (exact) mass is 409 g/mol. The Hall–Kier alpha value is -2.68. The molecule has 30 heavy (non-hydrogen) atoms. The largest absolute Gasteiger partial charge is 0.403 e. The number of hydrogen-bond donors (Lipinski definition) is 3. The van der Waals surface area contributed by atoms with E-state index in [0.29, 0.717) is 11.7 Å². The number of hydrogen-bond acceptors (Lipinski definition) is 3. The van der Waals surface area contributed by atoms with Crippen molar-refractivity contribution in [3.05, 3.63) is 82.7 Å². The van der Waals surface area contributed by atoms with Gasteiger partial charge in [-0.25, -0.2) is 0 Å². The zero-order valence-electron chi connectivity index (χ0n) is 19.9. The molecule has 0 aliphatic heterocycles. The number of benzene rings is 1. The molecule has 0 aliphatic rings. The molecule has 0 aliphatic carbocycles. The average Bonchev–Trinajstić information content (AvgIpc) is 2.67. The Labute approximate surface area is 184 Å². The van der Waals surface area contributed by atoms with Gasteiger partial charge in [0.25, 0.3) is 0 Å². The molecule has 0 amide bonds. The summed E-state index contributed by atoms with van der Waals surface area (Å²) in [6, 6.07) is 8.65. The lowest BCUT2D eigenvalue weighted by Crippen LogP contribution is -2.28. The molecule has 4 N–H and O–H groups in total. The van der Waals surface area contributed by atoms with Crippen LogP contribution >= 0.6 is 0 Å². The Kier molecular flexibility index (Phi) is 14.7. The van der Waals surface area contributed by atoms with Crippen molar-refractivity contribution >= 4 is 12.7 Å². The van der Waals surface area contributed by atoms with E-state index in [1.165, 1.54) is 31.3 Å². The van der Waals surface area contributed by atoms with Gasteiger partial charge in [-0.1, -0.05) is 87.9 Å². The highest BCUT2D eigenvalue weighted by Crippen LogP contribution is 2.07. The average molecular weight is 410 g/mol. The molecule has 0 radical (unpaired) electrons. The molecular weight excluding hydrogens is 366 g/mol. The molecule has 0 spiro atoms. The van der Waals surface area contributed by atoms with Gasteiger partial charge in [-0.05, 0) is 56.3 Å². The molecule has 0 saturated heterocycles. The quantitative estimate of drug-likeness (QED) is 0.361. The summed E-state index contributed by atoms with van der Waals surface area (Å²) in [4.78, 5) is 0. The maximum atomic E-state index is 4.92. The topological polar surface area (TPSA) is 50.1 Å². The highest BCUT2D eigenvalue weighted by atomic mass is 15.0. The normalized spacial score (nSPS) is 13.5. The Bertz CT molecular complexity index is 811. The molecule has 166 valence electrons. The van der Waals surface area contributed by atoms with Crippen LogP contribution in [0.15, 0.2) is 72.2 Å². The van der Waals surface area contributed by atoms with Crippen LogP contribution in [0, 0.1) is 0 Å². The summed E-state index contributed by atoms with van der Waals surface area (Å²) in [5.74, 6) is 0. The lowest BCUT2D eigenvalue weighted by Gasteiger charge is -2.19. The number of allylic oxidation sites excluding steroid dienone is 4. The predicted octanol–water partition coefficient (Wildman–Crippen LogP) is 4.87. The van der Waals surface area contributed by atoms with Crippen LogP contribution in [0.1, 0.15) is 60.3 Å². The molecule has 1 aromatic rings. The molecule has 1 rings (SSSR count). The van der Waals surface area contributed by atoms with Crippen molar-refractivity contribution in [2.75, 3.05) is 6.54 Å².